The van der Waals surface area contributed by atoms with Gasteiger partial charge in [-0.05, 0) is 42.7 Å². The molecular weight excluding hydrogens is 283 g/mol. The van der Waals surface area contributed by atoms with Crippen LogP contribution in [0, 0.1) is 5.82 Å². The fraction of sp³-hybridized carbons (Fsp3) is 0.0714. The molecule has 0 spiro atoms. The third-order valence-electron chi connectivity index (χ3n) is 2.46. The van der Waals surface area contributed by atoms with Gasteiger partial charge in [0.15, 0.2) is 0 Å². The summed E-state index contributed by atoms with van der Waals surface area (Å²) in [5.41, 5.74) is 0.296. The fourth-order valence-electron chi connectivity index (χ4n) is 1.61. The highest BCUT2D eigenvalue weighted by Crippen LogP contribution is 2.34. The molecule has 0 aliphatic carbocycles. The van der Waals surface area contributed by atoms with E-state index in [-0.39, 0.29) is 5.82 Å². The van der Waals surface area contributed by atoms with E-state index in [1.54, 1.807) is 24.3 Å². The monoisotopic (exact) mass is 294 g/mol. The van der Waals surface area contributed by atoms with Crippen LogP contribution in [0.3, 0.4) is 0 Å². The average Bonchev–Trinajstić information content (AvgIpc) is 2.40. The molecule has 0 bridgehead atoms. The summed E-state index contributed by atoms with van der Waals surface area (Å²) in [6.07, 6.45) is 1.84. The van der Waals surface area contributed by atoms with Gasteiger partial charge in [0.2, 0.25) is 0 Å². The van der Waals surface area contributed by atoms with Crippen molar-refractivity contribution in [2.24, 2.45) is 0 Å². The molecule has 0 fully saturated rings. The SMILES string of the molecule is CSc1cccc(Sc2ccc(F)cc2)c1C(=O)O. The molecule has 19 heavy (non-hydrogen) atoms. The molecule has 0 atom stereocenters. The number of carboxylic acid groups (broad SMARTS) is 1. The van der Waals surface area contributed by atoms with Crippen molar-refractivity contribution in [1.82, 2.24) is 0 Å². The van der Waals surface area contributed by atoms with Crippen LogP contribution < -0.4 is 0 Å². The van der Waals surface area contributed by atoms with Crippen LogP contribution in [0.5, 0.6) is 0 Å². The molecule has 1 N–H and O–H groups in total. The van der Waals surface area contributed by atoms with E-state index in [1.165, 1.54) is 35.7 Å². The Morgan fingerprint density at radius 3 is 2.32 bits per heavy atom. The number of rotatable bonds is 4. The van der Waals surface area contributed by atoms with E-state index in [4.69, 9.17) is 0 Å². The zero-order valence-electron chi connectivity index (χ0n) is 10.1. The molecule has 0 aliphatic heterocycles. The van der Waals surface area contributed by atoms with Crippen LogP contribution in [0.4, 0.5) is 4.39 Å². The minimum Gasteiger partial charge on any atom is -0.478 e. The first-order chi connectivity index (χ1) is 9.11. The summed E-state index contributed by atoms with van der Waals surface area (Å²) < 4.78 is 12.8. The number of benzene rings is 2. The number of carbonyl (C=O) groups is 1. The zero-order valence-corrected chi connectivity index (χ0v) is 11.7. The van der Waals surface area contributed by atoms with Crippen LogP contribution in [0.15, 0.2) is 57.2 Å². The lowest BCUT2D eigenvalue weighted by Gasteiger charge is -2.09. The number of carboxylic acids is 1. The topological polar surface area (TPSA) is 37.3 Å². The van der Waals surface area contributed by atoms with Crippen LogP contribution in [-0.4, -0.2) is 17.3 Å². The van der Waals surface area contributed by atoms with Crippen LogP contribution in [0.2, 0.25) is 0 Å². The quantitative estimate of drug-likeness (QED) is 0.848. The molecule has 2 aromatic carbocycles. The summed E-state index contributed by atoms with van der Waals surface area (Å²) in [4.78, 5) is 13.5. The van der Waals surface area contributed by atoms with Gasteiger partial charge < -0.3 is 5.11 Å². The Kier molecular flexibility index (Phi) is 4.50. The van der Waals surface area contributed by atoms with Crippen LogP contribution in [0.25, 0.3) is 0 Å². The van der Waals surface area contributed by atoms with E-state index in [1.807, 2.05) is 12.3 Å². The third kappa shape index (κ3) is 3.30. The fourth-order valence-corrected chi connectivity index (χ4v) is 3.26. The molecule has 5 heteroatoms. The minimum atomic E-state index is -0.949. The zero-order chi connectivity index (χ0) is 13.8. The maximum atomic E-state index is 12.8. The lowest BCUT2D eigenvalue weighted by atomic mass is 10.2. The molecule has 0 aliphatic rings. The maximum absolute atomic E-state index is 12.8. The van der Waals surface area contributed by atoms with Crippen LogP contribution in [0.1, 0.15) is 10.4 Å². The van der Waals surface area contributed by atoms with Crippen molar-refractivity contribution in [3.63, 3.8) is 0 Å². The third-order valence-corrected chi connectivity index (χ3v) is 4.31. The highest BCUT2D eigenvalue weighted by molar-refractivity contribution is 8.00. The molecule has 0 saturated heterocycles. The number of halogens is 1. The van der Waals surface area contributed by atoms with Crippen LogP contribution >= 0.6 is 23.5 Å². The molecule has 0 radical (unpaired) electrons. The van der Waals surface area contributed by atoms with Crippen molar-refractivity contribution in [1.29, 1.82) is 0 Å². The van der Waals surface area contributed by atoms with Crippen molar-refractivity contribution < 1.29 is 14.3 Å². The summed E-state index contributed by atoms with van der Waals surface area (Å²) in [7, 11) is 0. The Balaban J connectivity index is 2.39. The number of aromatic carboxylic acids is 1. The summed E-state index contributed by atoms with van der Waals surface area (Å²) in [5, 5.41) is 9.31. The summed E-state index contributed by atoms with van der Waals surface area (Å²) in [6, 6.07) is 11.4. The second-order valence-electron chi connectivity index (χ2n) is 3.69. The Bertz CT molecular complexity index is 597. The van der Waals surface area contributed by atoms with Crippen LogP contribution in [-0.2, 0) is 0 Å². The van der Waals surface area contributed by atoms with Gasteiger partial charge in [-0.1, -0.05) is 17.8 Å². The number of hydrogen-bond donors (Lipinski definition) is 1. The molecular formula is C14H11FO2S2. The first-order valence-electron chi connectivity index (χ1n) is 5.45. The van der Waals surface area contributed by atoms with Gasteiger partial charge in [0, 0.05) is 14.7 Å². The molecule has 2 aromatic rings. The summed E-state index contributed by atoms with van der Waals surface area (Å²) >= 11 is 2.72. The van der Waals surface area contributed by atoms with Crippen molar-refractivity contribution in [2.75, 3.05) is 6.26 Å². The molecule has 98 valence electrons. The first kappa shape index (κ1) is 14.0. The van der Waals surface area contributed by atoms with Gasteiger partial charge in [-0.15, -0.1) is 11.8 Å². The standard InChI is InChI=1S/C14H11FO2S2/c1-18-11-3-2-4-12(13(11)14(16)17)19-10-7-5-9(15)6-8-10/h2-8H,1H3,(H,16,17). The van der Waals surface area contributed by atoms with Crippen molar-refractivity contribution in [3.05, 3.63) is 53.8 Å². The Labute approximate surface area is 119 Å². The summed E-state index contributed by atoms with van der Waals surface area (Å²) in [5.74, 6) is -1.25. The molecule has 0 heterocycles. The van der Waals surface area contributed by atoms with Crippen molar-refractivity contribution in [3.8, 4) is 0 Å². The number of thioether (sulfide) groups is 1. The van der Waals surface area contributed by atoms with Crippen molar-refractivity contribution >= 4 is 29.5 Å². The predicted octanol–water partition coefficient (Wildman–Crippen LogP) is 4.40. The molecule has 2 nitrogen and oxygen atoms in total. The minimum absolute atomic E-state index is 0.296. The second kappa shape index (κ2) is 6.12. The van der Waals surface area contributed by atoms with Gasteiger partial charge in [0.25, 0.3) is 0 Å². The molecule has 0 amide bonds. The normalized spacial score (nSPS) is 10.4. The van der Waals surface area contributed by atoms with Gasteiger partial charge in [0.05, 0.1) is 5.56 Å². The second-order valence-corrected chi connectivity index (χ2v) is 5.66. The highest BCUT2D eigenvalue weighted by atomic mass is 32.2. The lowest BCUT2D eigenvalue weighted by molar-refractivity contribution is 0.0689. The largest absolute Gasteiger partial charge is 0.478 e. The highest BCUT2D eigenvalue weighted by Gasteiger charge is 2.15. The lowest BCUT2D eigenvalue weighted by Crippen LogP contribution is -2.01. The molecule has 0 saturated carbocycles. The Morgan fingerprint density at radius 1 is 1.11 bits per heavy atom. The van der Waals surface area contributed by atoms with Gasteiger partial charge in [-0.2, -0.15) is 0 Å². The molecule has 0 unspecified atom stereocenters. The van der Waals surface area contributed by atoms with E-state index in [2.05, 4.69) is 0 Å². The predicted molar refractivity (Wildman–Crippen MR) is 75.7 cm³/mol. The van der Waals surface area contributed by atoms with E-state index in [0.717, 1.165) is 9.79 Å². The van der Waals surface area contributed by atoms with Gasteiger partial charge in [-0.3, -0.25) is 0 Å². The smallest absolute Gasteiger partial charge is 0.337 e. The van der Waals surface area contributed by atoms with E-state index in [0.29, 0.717) is 10.5 Å². The first-order valence-corrected chi connectivity index (χ1v) is 7.49. The van der Waals surface area contributed by atoms with Gasteiger partial charge in [-0.25, -0.2) is 9.18 Å². The Hall–Kier alpha value is -1.46. The maximum Gasteiger partial charge on any atom is 0.337 e. The van der Waals surface area contributed by atoms with Crippen molar-refractivity contribution in [2.45, 2.75) is 14.7 Å². The molecule has 0 aromatic heterocycles. The number of hydrogen-bond acceptors (Lipinski definition) is 3. The van der Waals surface area contributed by atoms with Gasteiger partial charge in [0.1, 0.15) is 5.82 Å². The van der Waals surface area contributed by atoms with Gasteiger partial charge >= 0.3 is 5.97 Å². The molecule has 2 rings (SSSR count). The van der Waals surface area contributed by atoms with E-state index in [9.17, 15) is 14.3 Å². The Morgan fingerprint density at radius 2 is 1.74 bits per heavy atom. The van der Waals surface area contributed by atoms with E-state index >= 15 is 0 Å². The average molecular weight is 294 g/mol. The van der Waals surface area contributed by atoms with E-state index < -0.39 is 5.97 Å². The summed E-state index contributed by atoms with van der Waals surface area (Å²) in [6.45, 7) is 0.